The zero-order chi connectivity index (χ0) is 11.6. The lowest BCUT2D eigenvalue weighted by atomic mass is 10.3. The summed E-state index contributed by atoms with van der Waals surface area (Å²) in [7, 11) is -3.03. The molecule has 1 aromatic carbocycles. The molecular formula is C7H7ClFNO4S. The van der Waals surface area contributed by atoms with Crippen molar-refractivity contribution in [3.8, 4) is 11.5 Å². The summed E-state index contributed by atoms with van der Waals surface area (Å²) in [5.74, 6) is -1.34. The van der Waals surface area contributed by atoms with Crippen molar-refractivity contribution in [3.05, 3.63) is 23.0 Å². The molecule has 0 heterocycles. The fourth-order valence-corrected chi connectivity index (χ4v) is 1.51. The Balaban J connectivity index is 3.30. The van der Waals surface area contributed by atoms with Gasteiger partial charge in [0.15, 0.2) is 5.75 Å². The van der Waals surface area contributed by atoms with Gasteiger partial charge in [-0.1, -0.05) is 11.6 Å². The van der Waals surface area contributed by atoms with Gasteiger partial charge in [-0.2, -0.15) is 13.6 Å². The molecule has 5 nitrogen and oxygen atoms in total. The second kappa shape index (κ2) is 4.21. The van der Waals surface area contributed by atoms with Crippen molar-refractivity contribution in [2.24, 2.45) is 5.14 Å². The molecule has 0 amide bonds. The number of benzene rings is 1. The summed E-state index contributed by atoms with van der Waals surface area (Å²) in [5.41, 5.74) is 0. The second-order valence-electron chi connectivity index (χ2n) is 2.47. The quantitative estimate of drug-likeness (QED) is 0.876. The SMILES string of the molecule is COc1ccc(F)c(Cl)c1OS(N)(=O)=O. The minimum absolute atomic E-state index is 0.0320. The first-order valence-electron chi connectivity index (χ1n) is 3.59. The van der Waals surface area contributed by atoms with E-state index in [1.165, 1.54) is 13.2 Å². The highest BCUT2D eigenvalue weighted by molar-refractivity contribution is 7.84. The highest BCUT2D eigenvalue weighted by Gasteiger charge is 2.18. The van der Waals surface area contributed by atoms with Crippen LogP contribution in [0.4, 0.5) is 4.39 Å². The number of hydrogen-bond acceptors (Lipinski definition) is 4. The average Bonchev–Trinajstić information content (AvgIpc) is 2.11. The summed E-state index contributed by atoms with van der Waals surface area (Å²) in [6.07, 6.45) is 0. The Morgan fingerprint density at radius 1 is 1.47 bits per heavy atom. The molecule has 0 fully saturated rings. The molecule has 15 heavy (non-hydrogen) atoms. The molecule has 0 spiro atoms. The topological polar surface area (TPSA) is 78.6 Å². The molecule has 1 aromatic rings. The fraction of sp³-hybridized carbons (Fsp3) is 0.143. The molecule has 0 aliphatic carbocycles. The van der Waals surface area contributed by atoms with Gasteiger partial charge in [0.1, 0.15) is 10.8 Å². The maximum absolute atomic E-state index is 13.0. The van der Waals surface area contributed by atoms with Gasteiger partial charge in [0.2, 0.25) is 5.75 Å². The molecule has 84 valence electrons. The predicted octanol–water partition coefficient (Wildman–Crippen LogP) is 1.07. The van der Waals surface area contributed by atoms with Crippen molar-refractivity contribution in [2.75, 3.05) is 7.11 Å². The van der Waals surface area contributed by atoms with Crippen LogP contribution in [0.25, 0.3) is 0 Å². The van der Waals surface area contributed by atoms with Crippen LogP contribution < -0.4 is 14.1 Å². The van der Waals surface area contributed by atoms with Gasteiger partial charge in [-0.3, -0.25) is 0 Å². The van der Waals surface area contributed by atoms with Gasteiger partial charge in [0.25, 0.3) is 0 Å². The average molecular weight is 256 g/mol. The molecule has 0 bridgehead atoms. The third kappa shape index (κ3) is 2.95. The van der Waals surface area contributed by atoms with Crippen LogP contribution in [0.5, 0.6) is 11.5 Å². The molecule has 0 aromatic heterocycles. The highest BCUT2D eigenvalue weighted by Crippen LogP contribution is 2.37. The molecule has 0 unspecified atom stereocenters. The lowest BCUT2D eigenvalue weighted by Crippen LogP contribution is -2.19. The van der Waals surface area contributed by atoms with Gasteiger partial charge < -0.3 is 8.92 Å². The van der Waals surface area contributed by atoms with E-state index in [1.807, 2.05) is 0 Å². The van der Waals surface area contributed by atoms with E-state index < -0.39 is 26.9 Å². The van der Waals surface area contributed by atoms with Gasteiger partial charge in [-0.05, 0) is 12.1 Å². The van der Waals surface area contributed by atoms with Crippen molar-refractivity contribution in [2.45, 2.75) is 0 Å². The summed E-state index contributed by atoms with van der Waals surface area (Å²) >= 11 is 5.48. The van der Waals surface area contributed by atoms with E-state index >= 15 is 0 Å². The van der Waals surface area contributed by atoms with Gasteiger partial charge in [-0.25, -0.2) is 4.39 Å². The molecule has 0 saturated carbocycles. The standard InChI is InChI=1S/C7H7ClFNO4S/c1-13-5-3-2-4(9)6(8)7(5)14-15(10,11)12/h2-3H,1H3,(H2,10,11,12). The van der Waals surface area contributed by atoms with E-state index in [0.717, 1.165) is 6.07 Å². The van der Waals surface area contributed by atoms with E-state index in [-0.39, 0.29) is 5.75 Å². The first-order chi connectivity index (χ1) is 6.85. The lowest BCUT2D eigenvalue weighted by Gasteiger charge is -2.09. The molecule has 0 radical (unpaired) electrons. The maximum Gasteiger partial charge on any atom is 0.380 e. The minimum Gasteiger partial charge on any atom is -0.493 e. The van der Waals surface area contributed by atoms with Gasteiger partial charge in [0, 0.05) is 0 Å². The maximum atomic E-state index is 13.0. The van der Waals surface area contributed by atoms with Gasteiger partial charge in [0.05, 0.1) is 7.11 Å². The Labute approximate surface area is 90.8 Å². The zero-order valence-corrected chi connectivity index (χ0v) is 9.10. The summed E-state index contributed by atoms with van der Waals surface area (Å²) in [6, 6.07) is 2.18. The normalized spacial score (nSPS) is 11.2. The van der Waals surface area contributed by atoms with E-state index in [1.54, 1.807) is 0 Å². The highest BCUT2D eigenvalue weighted by atomic mass is 35.5. The van der Waals surface area contributed by atoms with Crippen LogP contribution in [-0.4, -0.2) is 15.5 Å². The summed E-state index contributed by atoms with van der Waals surface area (Å²) in [4.78, 5) is 0. The Kier molecular flexibility index (Phi) is 3.38. The van der Waals surface area contributed by atoms with E-state index in [9.17, 15) is 12.8 Å². The van der Waals surface area contributed by atoms with Crippen molar-refractivity contribution in [1.82, 2.24) is 0 Å². The third-order valence-corrected chi connectivity index (χ3v) is 2.18. The van der Waals surface area contributed by atoms with E-state index in [2.05, 4.69) is 9.32 Å². The van der Waals surface area contributed by atoms with Crippen molar-refractivity contribution < 1.29 is 21.7 Å². The Hall–Kier alpha value is -1.05. The number of halogens is 2. The Morgan fingerprint density at radius 3 is 2.53 bits per heavy atom. The van der Waals surface area contributed by atoms with Crippen LogP contribution in [0, 0.1) is 5.82 Å². The number of ether oxygens (including phenoxy) is 1. The molecule has 0 atom stereocenters. The first kappa shape index (κ1) is 12.0. The number of rotatable bonds is 3. The molecule has 0 aliphatic rings. The van der Waals surface area contributed by atoms with Crippen molar-refractivity contribution in [1.29, 1.82) is 0 Å². The monoisotopic (exact) mass is 255 g/mol. The van der Waals surface area contributed by atoms with Crippen LogP contribution in [0.3, 0.4) is 0 Å². The fourth-order valence-electron chi connectivity index (χ4n) is 0.869. The molecule has 2 N–H and O–H groups in total. The van der Waals surface area contributed by atoms with Crippen LogP contribution in [0.1, 0.15) is 0 Å². The summed E-state index contributed by atoms with van der Waals surface area (Å²) in [6.45, 7) is 0. The van der Waals surface area contributed by atoms with Crippen LogP contribution >= 0.6 is 11.6 Å². The lowest BCUT2D eigenvalue weighted by molar-refractivity contribution is 0.389. The predicted molar refractivity (Wildman–Crippen MR) is 51.7 cm³/mol. The molecule has 8 heteroatoms. The summed E-state index contributed by atoms with van der Waals surface area (Å²) in [5, 5.41) is 4.11. The van der Waals surface area contributed by atoms with Crippen LogP contribution in [0.15, 0.2) is 12.1 Å². The first-order valence-corrected chi connectivity index (χ1v) is 5.44. The van der Waals surface area contributed by atoms with E-state index in [0.29, 0.717) is 0 Å². The Bertz CT molecular complexity index is 476. The molecule has 0 saturated heterocycles. The Morgan fingerprint density at radius 2 is 2.07 bits per heavy atom. The zero-order valence-electron chi connectivity index (χ0n) is 7.53. The molecule has 0 aliphatic heterocycles. The van der Waals surface area contributed by atoms with E-state index in [4.69, 9.17) is 16.3 Å². The number of hydrogen-bond donors (Lipinski definition) is 1. The third-order valence-electron chi connectivity index (χ3n) is 1.43. The minimum atomic E-state index is -4.28. The summed E-state index contributed by atoms with van der Waals surface area (Å²) < 4.78 is 43.3. The number of nitrogens with two attached hydrogens (primary N) is 1. The van der Waals surface area contributed by atoms with Gasteiger partial charge in [-0.15, -0.1) is 0 Å². The smallest absolute Gasteiger partial charge is 0.380 e. The second-order valence-corrected chi connectivity index (χ2v) is 4.00. The van der Waals surface area contributed by atoms with Crippen molar-refractivity contribution >= 4 is 21.9 Å². The largest absolute Gasteiger partial charge is 0.493 e. The molecular weight excluding hydrogens is 249 g/mol. The van der Waals surface area contributed by atoms with Crippen LogP contribution in [-0.2, 0) is 10.3 Å². The number of methoxy groups -OCH3 is 1. The van der Waals surface area contributed by atoms with Crippen LogP contribution in [0.2, 0.25) is 5.02 Å². The molecule has 1 rings (SSSR count). The van der Waals surface area contributed by atoms with Gasteiger partial charge >= 0.3 is 10.3 Å². The van der Waals surface area contributed by atoms with Crippen molar-refractivity contribution in [3.63, 3.8) is 0 Å².